The Kier molecular flexibility index (Phi) is 6.10. The summed E-state index contributed by atoms with van der Waals surface area (Å²) in [5, 5.41) is 23.0. The Labute approximate surface area is 106 Å². The van der Waals surface area contributed by atoms with Crippen molar-refractivity contribution in [2.75, 3.05) is 25.1 Å². The molecule has 1 rings (SSSR count). The minimum atomic E-state index is -0.591. The van der Waals surface area contributed by atoms with Gasteiger partial charge in [0.1, 0.15) is 0 Å². The normalized spacial score (nSPS) is 12.1. The minimum absolute atomic E-state index is 0.0485. The number of hydrogen-bond donors (Lipinski definition) is 2. The van der Waals surface area contributed by atoms with Crippen molar-refractivity contribution in [1.82, 2.24) is 0 Å². The van der Waals surface area contributed by atoms with Crippen LogP contribution >= 0.6 is 0 Å². The van der Waals surface area contributed by atoms with Crippen LogP contribution in [-0.4, -0.2) is 35.9 Å². The summed E-state index contributed by atoms with van der Waals surface area (Å²) >= 11 is 0. The van der Waals surface area contributed by atoms with Crippen LogP contribution in [0.1, 0.15) is 13.3 Å². The van der Waals surface area contributed by atoms with Crippen molar-refractivity contribution in [3.63, 3.8) is 0 Å². The number of nitrogens with one attached hydrogen (secondary N) is 1. The molecule has 0 spiro atoms. The Bertz CT molecular complexity index is 367. The van der Waals surface area contributed by atoms with E-state index in [2.05, 4.69) is 5.32 Å². The fraction of sp³-hybridized carbons (Fsp3) is 0.500. The molecule has 6 nitrogen and oxygen atoms in total. The van der Waals surface area contributed by atoms with Crippen LogP contribution in [-0.2, 0) is 4.74 Å². The van der Waals surface area contributed by atoms with Crippen molar-refractivity contribution < 1.29 is 14.8 Å². The number of aliphatic hydroxyl groups is 1. The number of rotatable bonds is 8. The van der Waals surface area contributed by atoms with Crippen LogP contribution < -0.4 is 5.32 Å². The molecular weight excluding hydrogens is 236 g/mol. The molecule has 1 atom stereocenters. The molecule has 0 fully saturated rings. The molecule has 18 heavy (non-hydrogen) atoms. The van der Waals surface area contributed by atoms with Crippen molar-refractivity contribution in [3.05, 3.63) is 34.4 Å². The minimum Gasteiger partial charge on any atom is -0.389 e. The second-order valence-electron chi connectivity index (χ2n) is 3.91. The molecule has 1 aromatic rings. The third kappa shape index (κ3) is 5.11. The van der Waals surface area contributed by atoms with Crippen molar-refractivity contribution in [2.24, 2.45) is 0 Å². The van der Waals surface area contributed by atoms with Crippen molar-refractivity contribution in [1.29, 1.82) is 0 Å². The highest BCUT2D eigenvalue weighted by Gasteiger charge is 2.06. The van der Waals surface area contributed by atoms with E-state index in [1.54, 1.807) is 12.1 Å². The molecule has 0 bridgehead atoms. The highest BCUT2D eigenvalue weighted by Crippen LogP contribution is 2.15. The molecule has 0 amide bonds. The monoisotopic (exact) mass is 254 g/mol. The molecule has 1 unspecified atom stereocenters. The van der Waals surface area contributed by atoms with Crippen molar-refractivity contribution in [3.8, 4) is 0 Å². The predicted molar refractivity (Wildman–Crippen MR) is 68.7 cm³/mol. The standard InChI is InChI=1S/C12H18N2O4/c1-2-7-18-9-12(15)8-13-10-3-5-11(6-4-10)14(16)17/h3-6,12-13,15H,2,7-9H2,1H3. The van der Waals surface area contributed by atoms with Gasteiger partial charge >= 0.3 is 0 Å². The van der Waals surface area contributed by atoms with Crippen LogP contribution in [0.4, 0.5) is 11.4 Å². The van der Waals surface area contributed by atoms with E-state index in [0.717, 1.165) is 12.1 Å². The topological polar surface area (TPSA) is 84.6 Å². The number of nitro groups is 1. The number of aliphatic hydroxyl groups excluding tert-OH is 1. The molecule has 0 aliphatic carbocycles. The predicted octanol–water partition coefficient (Wildman–Crippen LogP) is 1.79. The van der Waals surface area contributed by atoms with Gasteiger partial charge in [-0.15, -0.1) is 0 Å². The van der Waals surface area contributed by atoms with Crippen LogP contribution in [0.25, 0.3) is 0 Å². The first-order valence-electron chi connectivity index (χ1n) is 5.87. The van der Waals surface area contributed by atoms with Gasteiger partial charge in [0, 0.05) is 31.0 Å². The van der Waals surface area contributed by atoms with Gasteiger partial charge in [-0.3, -0.25) is 10.1 Å². The van der Waals surface area contributed by atoms with Crippen LogP contribution in [0, 0.1) is 10.1 Å². The molecule has 0 aromatic heterocycles. The Morgan fingerprint density at radius 3 is 2.67 bits per heavy atom. The van der Waals surface area contributed by atoms with Crippen LogP contribution in [0.15, 0.2) is 24.3 Å². The quantitative estimate of drug-likeness (QED) is 0.420. The first-order valence-corrected chi connectivity index (χ1v) is 5.87. The lowest BCUT2D eigenvalue weighted by Crippen LogP contribution is -2.25. The number of ether oxygens (including phenoxy) is 1. The van der Waals surface area contributed by atoms with Gasteiger partial charge in [0.05, 0.1) is 17.6 Å². The number of hydrogen-bond acceptors (Lipinski definition) is 5. The second kappa shape index (κ2) is 7.62. The van der Waals surface area contributed by atoms with E-state index in [0.29, 0.717) is 13.2 Å². The summed E-state index contributed by atoms with van der Waals surface area (Å²) in [6.07, 6.45) is 0.328. The van der Waals surface area contributed by atoms with Gasteiger partial charge in [-0.1, -0.05) is 6.92 Å². The fourth-order valence-electron chi connectivity index (χ4n) is 1.36. The first kappa shape index (κ1) is 14.4. The lowest BCUT2D eigenvalue weighted by molar-refractivity contribution is -0.384. The Morgan fingerprint density at radius 1 is 1.44 bits per heavy atom. The zero-order valence-corrected chi connectivity index (χ0v) is 10.3. The smallest absolute Gasteiger partial charge is 0.269 e. The molecule has 0 aliphatic rings. The summed E-state index contributed by atoms with van der Waals surface area (Å²) in [4.78, 5) is 10.0. The number of non-ortho nitro benzene ring substituents is 1. The molecule has 6 heteroatoms. The molecular formula is C12H18N2O4. The second-order valence-corrected chi connectivity index (χ2v) is 3.91. The maximum Gasteiger partial charge on any atom is 0.269 e. The van der Waals surface area contributed by atoms with Gasteiger partial charge in [0.2, 0.25) is 0 Å². The van der Waals surface area contributed by atoms with E-state index in [1.165, 1.54) is 12.1 Å². The summed E-state index contributed by atoms with van der Waals surface area (Å²) in [6.45, 7) is 3.27. The summed E-state index contributed by atoms with van der Waals surface area (Å²) < 4.78 is 5.20. The zero-order chi connectivity index (χ0) is 13.4. The van der Waals surface area contributed by atoms with Crippen molar-refractivity contribution in [2.45, 2.75) is 19.4 Å². The summed E-state index contributed by atoms with van der Waals surface area (Å²) in [5.74, 6) is 0. The summed E-state index contributed by atoms with van der Waals surface area (Å²) in [7, 11) is 0. The molecule has 0 saturated carbocycles. The average Bonchev–Trinajstić information content (AvgIpc) is 2.37. The highest BCUT2D eigenvalue weighted by atomic mass is 16.6. The highest BCUT2D eigenvalue weighted by molar-refractivity contribution is 5.48. The molecule has 0 heterocycles. The van der Waals surface area contributed by atoms with Gasteiger partial charge in [-0.2, -0.15) is 0 Å². The molecule has 2 N–H and O–H groups in total. The lowest BCUT2D eigenvalue weighted by Gasteiger charge is -2.12. The maximum atomic E-state index is 10.5. The zero-order valence-electron chi connectivity index (χ0n) is 10.3. The number of nitrogens with zero attached hydrogens (tertiary/aromatic N) is 1. The number of anilines is 1. The SMILES string of the molecule is CCCOCC(O)CNc1ccc([N+](=O)[O-])cc1. The first-order chi connectivity index (χ1) is 8.63. The fourth-order valence-corrected chi connectivity index (χ4v) is 1.36. The van der Waals surface area contributed by atoms with E-state index in [9.17, 15) is 15.2 Å². The van der Waals surface area contributed by atoms with Crippen LogP contribution in [0.3, 0.4) is 0 Å². The van der Waals surface area contributed by atoms with E-state index in [4.69, 9.17) is 4.74 Å². The van der Waals surface area contributed by atoms with Gasteiger partial charge < -0.3 is 15.2 Å². The number of nitro benzene ring substituents is 1. The Hall–Kier alpha value is -1.66. The van der Waals surface area contributed by atoms with E-state index >= 15 is 0 Å². The molecule has 100 valence electrons. The van der Waals surface area contributed by atoms with Gasteiger partial charge in [0.25, 0.3) is 5.69 Å². The Morgan fingerprint density at radius 2 is 2.11 bits per heavy atom. The lowest BCUT2D eigenvalue weighted by atomic mass is 10.2. The Balaban J connectivity index is 2.32. The molecule has 0 radical (unpaired) electrons. The molecule has 1 aromatic carbocycles. The summed E-state index contributed by atoms with van der Waals surface area (Å²) in [6, 6.07) is 6.06. The summed E-state index contributed by atoms with van der Waals surface area (Å²) in [5.41, 5.74) is 0.780. The van der Waals surface area contributed by atoms with Crippen molar-refractivity contribution >= 4 is 11.4 Å². The largest absolute Gasteiger partial charge is 0.389 e. The van der Waals surface area contributed by atoms with Crippen LogP contribution in [0.2, 0.25) is 0 Å². The average molecular weight is 254 g/mol. The van der Waals surface area contributed by atoms with E-state index < -0.39 is 11.0 Å². The third-order valence-corrected chi connectivity index (χ3v) is 2.28. The number of benzene rings is 1. The van der Waals surface area contributed by atoms with Gasteiger partial charge in [-0.05, 0) is 18.6 Å². The molecule has 0 aliphatic heterocycles. The maximum absolute atomic E-state index is 10.5. The van der Waals surface area contributed by atoms with Gasteiger partial charge in [0.15, 0.2) is 0 Å². The van der Waals surface area contributed by atoms with E-state index in [-0.39, 0.29) is 12.3 Å². The third-order valence-electron chi connectivity index (χ3n) is 2.28. The van der Waals surface area contributed by atoms with E-state index in [1.807, 2.05) is 6.92 Å². The van der Waals surface area contributed by atoms with Gasteiger partial charge in [-0.25, -0.2) is 0 Å². The van der Waals surface area contributed by atoms with Crippen LogP contribution in [0.5, 0.6) is 0 Å². The molecule has 0 saturated heterocycles.